The van der Waals surface area contributed by atoms with Crippen molar-refractivity contribution in [3.8, 4) is 16.9 Å². The van der Waals surface area contributed by atoms with Gasteiger partial charge in [0.2, 0.25) is 0 Å². The number of piperazine rings is 1. The first-order valence-corrected chi connectivity index (χ1v) is 13.1. The molecule has 1 heterocycles. The predicted octanol–water partition coefficient (Wildman–Crippen LogP) is 6.00. The molecule has 0 N–H and O–H groups in total. The number of benzene rings is 3. The molecule has 5 nitrogen and oxygen atoms in total. The summed E-state index contributed by atoms with van der Waals surface area (Å²) in [5, 5.41) is 0. The molecule has 0 spiro atoms. The summed E-state index contributed by atoms with van der Waals surface area (Å²) in [6, 6.07) is 25.8. The molecule has 0 amide bonds. The lowest BCUT2D eigenvalue weighted by Gasteiger charge is -2.42. The molecular weight excluding hydrogens is 448 g/mol. The number of hydrogen-bond donors (Lipinski definition) is 0. The number of nitrogens with zero attached hydrogens (tertiary/aromatic N) is 2. The first-order chi connectivity index (χ1) is 17.6. The van der Waals surface area contributed by atoms with Crippen LogP contribution in [0, 0.1) is 0 Å². The maximum Gasteiger partial charge on any atom is 0.337 e. The van der Waals surface area contributed by atoms with Gasteiger partial charge in [-0.25, -0.2) is 4.79 Å². The number of methoxy groups -OCH3 is 2. The summed E-state index contributed by atoms with van der Waals surface area (Å²) in [5.41, 5.74) is 5.58. The average Bonchev–Trinajstić information content (AvgIpc) is 2.97. The van der Waals surface area contributed by atoms with Gasteiger partial charge in [-0.3, -0.25) is 4.90 Å². The zero-order valence-electron chi connectivity index (χ0n) is 21.4. The van der Waals surface area contributed by atoms with Crippen LogP contribution in [0.25, 0.3) is 11.1 Å². The third-order valence-electron chi connectivity index (χ3n) is 7.99. The Morgan fingerprint density at radius 2 is 1.31 bits per heavy atom. The normalized spacial score (nSPS) is 20.7. The minimum Gasteiger partial charge on any atom is -0.497 e. The zero-order chi connectivity index (χ0) is 24.9. The van der Waals surface area contributed by atoms with Crippen molar-refractivity contribution in [2.24, 2.45) is 0 Å². The first-order valence-electron chi connectivity index (χ1n) is 13.1. The average molecular weight is 485 g/mol. The fourth-order valence-electron chi connectivity index (χ4n) is 5.78. The van der Waals surface area contributed by atoms with Gasteiger partial charge in [0.1, 0.15) is 5.75 Å². The van der Waals surface area contributed by atoms with Crippen LogP contribution in [0.5, 0.6) is 5.75 Å². The van der Waals surface area contributed by atoms with Gasteiger partial charge in [0.15, 0.2) is 0 Å². The topological polar surface area (TPSA) is 42.0 Å². The first kappa shape index (κ1) is 24.4. The standard InChI is InChI=1S/C31H36N2O3/c1-35-30-17-11-26(12-18-30)25-9-15-29(16-10-25)33-21-19-32(20-22-33)28-13-7-24(8-14-28)23-3-5-27(6-4-23)31(34)36-2/h3-8,11-14,17-18,25,29H,9-10,15-16,19-22H2,1-2H3/t25-,29+. The van der Waals surface area contributed by atoms with Crippen molar-refractivity contribution in [3.63, 3.8) is 0 Å². The Balaban J connectivity index is 1.11. The van der Waals surface area contributed by atoms with Crippen LogP contribution in [0.15, 0.2) is 72.8 Å². The van der Waals surface area contributed by atoms with E-state index in [0.717, 1.165) is 49.1 Å². The Bertz CT molecular complexity index is 1130. The third kappa shape index (κ3) is 5.41. The molecule has 1 aliphatic carbocycles. The molecule has 0 radical (unpaired) electrons. The molecular formula is C31H36N2O3. The van der Waals surface area contributed by atoms with Crippen LogP contribution in [0.4, 0.5) is 5.69 Å². The van der Waals surface area contributed by atoms with E-state index in [2.05, 4.69) is 58.3 Å². The van der Waals surface area contributed by atoms with Crippen LogP contribution in [0.1, 0.15) is 47.5 Å². The second kappa shape index (κ2) is 11.2. The SMILES string of the molecule is COC(=O)c1ccc(-c2ccc(N3CCN([C@H]4CC[C@@H](c5ccc(OC)cc5)CC4)CC3)cc2)cc1. The smallest absolute Gasteiger partial charge is 0.337 e. The lowest BCUT2D eigenvalue weighted by molar-refractivity contribution is 0.0600. The van der Waals surface area contributed by atoms with Gasteiger partial charge in [-0.15, -0.1) is 0 Å². The number of anilines is 1. The highest BCUT2D eigenvalue weighted by Gasteiger charge is 2.29. The van der Waals surface area contributed by atoms with Crippen LogP contribution >= 0.6 is 0 Å². The summed E-state index contributed by atoms with van der Waals surface area (Å²) in [6.07, 6.45) is 5.14. The predicted molar refractivity (Wildman–Crippen MR) is 145 cm³/mol. The second-order valence-electron chi connectivity index (χ2n) is 9.92. The van der Waals surface area contributed by atoms with Gasteiger partial charge in [-0.1, -0.05) is 36.4 Å². The number of hydrogen-bond acceptors (Lipinski definition) is 5. The summed E-state index contributed by atoms with van der Waals surface area (Å²) in [6.45, 7) is 4.42. The molecule has 0 aromatic heterocycles. The second-order valence-corrected chi connectivity index (χ2v) is 9.92. The van der Waals surface area contributed by atoms with E-state index in [0.29, 0.717) is 11.5 Å². The van der Waals surface area contributed by atoms with Crippen LogP contribution in [0.3, 0.4) is 0 Å². The lowest BCUT2D eigenvalue weighted by Crippen LogP contribution is -2.51. The van der Waals surface area contributed by atoms with E-state index in [-0.39, 0.29) is 5.97 Å². The molecule has 1 saturated carbocycles. The van der Waals surface area contributed by atoms with Gasteiger partial charge in [0, 0.05) is 37.9 Å². The minimum absolute atomic E-state index is 0.304. The van der Waals surface area contributed by atoms with Crippen molar-refractivity contribution in [3.05, 3.63) is 83.9 Å². The van der Waals surface area contributed by atoms with Crippen molar-refractivity contribution in [1.29, 1.82) is 0 Å². The van der Waals surface area contributed by atoms with E-state index < -0.39 is 0 Å². The molecule has 36 heavy (non-hydrogen) atoms. The highest BCUT2D eigenvalue weighted by atomic mass is 16.5. The molecule has 3 aromatic carbocycles. The van der Waals surface area contributed by atoms with Crippen molar-refractivity contribution < 1.29 is 14.3 Å². The molecule has 3 aromatic rings. The van der Waals surface area contributed by atoms with Crippen LogP contribution < -0.4 is 9.64 Å². The molecule has 5 rings (SSSR count). The van der Waals surface area contributed by atoms with Gasteiger partial charge < -0.3 is 14.4 Å². The molecule has 5 heteroatoms. The van der Waals surface area contributed by atoms with Gasteiger partial charge in [0.25, 0.3) is 0 Å². The minimum atomic E-state index is -0.304. The fourth-order valence-corrected chi connectivity index (χ4v) is 5.78. The van der Waals surface area contributed by atoms with Crippen molar-refractivity contribution in [1.82, 2.24) is 4.90 Å². The van der Waals surface area contributed by atoms with Gasteiger partial charge in [-0.05, 0) is 84.7 Å². The van der Waals surface area contributed by atoms with Crippen LogP contribution in [-0.4, -0.2) is 57.3 Å². The molecule has 1 aliphatic heterocycles. The van der Waals surface area contributed by atoms with E-state index in [1.54, 1.807) is 7.11 Å². The summed E-state index contributed by atoms with van der Waals surface area (Å²) >= 11 is 0. The molecule has 2 aliphatic rings. The zero-order valence-corrected chi connectivity index (χ0v) is 21.4. The van der Waals surface area contributed by atoms with Crippen molar-refractivity contribution >= 4 is 11.7 Å². The summed E-state index contributed by atoms with van der Waals surface area (Å²) in [5.74, 6) is 1.32. The Morgan fingerprint density at radius 1 is 0.722 bits per heavy atom. The Kier molecular flexibility index (Phi) is 7.57. The van der Waals surface area contributed by atoms with E-state index in [1.807, 2.05) is 24.3 Å². The fraction of sp³-hybridized carbons (Fsp3) is 0.387. The third-order valence-corrected chi connectivity index (χ3v) is 7.99. The molecule has 0 unspecified atom stereocenters. The molecule has 188 valence electrons. The summed E-state index contributed by atoms with van der Waals surface area (Å²) < 4.78 is 10.1. The highest BCUT2D eigenvalue weighted by molar-refractivity contribution is 5.90. The van der Waals surface area contributed by atoms with Crippen molar-refractivity contribution in [2.75, 3.05) is 45.3 Å². The van der Waals surface area contributed by atoms with E-state index in [4.69, 9.17) is 9.47 Å². The molecule has 0 bridgehead atoms. The van der Waals surface area contributed by atoms with Crippen LogP contribution in [0.2, 0.25) is 0 Å². The van der Waals surface area contributed by atoms with Crippen LogP contribution in [-0.2, 0) is 4.74 Å². The summed E-state index contributed by atoms with van der Waals surface area (Å²) in [4.78, 5) is 16.9. The molecule has 0 atom stereocenters. The Hall–Kier alpha value is -3.31. The Morgan fingerprint density at radius 3 is 1.86 bits per heavy atom. The quantitative estimate of drug-likeness (QED) is 0.402. The van der Waals surface area contributed by atoms with E-state index in [9.17, 15) is 4.79 Å². The maximum atomic E-state index is 11.7. The molecule has 2 fully saturated rings. The largest absolute Gasteiger partial charge is 0.497 e. The molecule has 1 saturated heterocycles. The maximum absolute atomic E-state index is 11.7. The summed E-state index contributed by atoms with van der Waals surface area (Å²) in [7, 11) is 3.13. The highest BCUT2D eigenvalue weighted by Crippen LogP contribution is 2.36. The number of carbonyl (C=O) groups is 1. The van der Waals surface area contributed by atoms with Gasteiger partial charge in [-0.2, -0.15) is 0 Å². The van der Waals surface area contributed by atoms with Crippen molar-refractivity contribution in [2.45, 2.75) is 37.6 Å². The monoisotopic (exact) mass is 484 g/mol. The van der Waals surface area contributed by atoms with E-state index >= 15 is 0 Å². The van der Waals surface area contributed by atoms with Gasteiger partial charge >= 0.3 is 5.97 Å². The number of carbonyl (C=O) groups excluding carboxylic acids is 1. The van der Waals surface area contributed by atoms with Gasteiger partial charge in [0.05, 0.1) is 19.8 Å². The van der Waals surface area contributed by atoms with E-state index in [1.165, 1.54) is 44.0 Å². The number of rotatable bonds is 6. The Labute approximate surface area is 214 Å². The lowest BCUT2D eigenvalue weighted by atomic mass is 9.81. The number of ether oxygens (including phenoxy) is 2. The number of esters is 1.